The van der Waals surface area contributed by atoms with Crippen molar-refractivity contribution in [3.63, 3.8) is 0 Å². The van der Waals surface area contributed by atoms with Crippen LogP contribution in [0.15, 0.2) is 48.8 Å². The number of para-hydroxylation sites is 1. The van der Waals surface area contributed by atoms with Crippen molar-refractivity contribution >= 4 is 0 Å². The molecular formula is C27H42N+. The Balaban J connectivity index is 1.94. The predicted octanol–water partition coefficient (Wildman–Crippen LogP) is 7.77. The third-order valence-electron chi connectivity index (χ3n) is 5.67. The maximum absolute atomic E-state index is 2.47. The van der Waals surface area contributed by atoms with Crippen molar-refractivity contribution in [3.05, 3.63) is 59.9 Å². The third-order valence-corrected chi connectivity index (χ3v) is 5.67. The highest BCUT2D eigenvalue weighted by atomic mass is 14.9. The zero-order valence-electron chi connectivity index (χ0n) is 18.5. The SMILES string of the molecule is CCCCCCCCc1cc(CCCCCCCC)c[n+](-c2ccccc2)c1. The van der Waals surface area contributed by atoms with Gasteiger partial charge in [-0.25, -0.2) is 0 Å². The van der Waals surface area contributed by atoms with Crippen LogP contribution in [-0.2, 0) is 12.8 Å². The van der Waals surface area contributed by atoms with Crippen molar-refractivity contribution in [2.45, 2.75) is 104 Å². The van der Waals surface area contributed by atoms with Crippen molar-refractivity contribution in [1.29, 1.82) is 0 Å². The summed E-state index contributed by atoms with van der Waals surface area (Å²) in [5.74, 6) is 0. The van der Waals surface area contributed by atoms with Crippen LogP contribution in [-0.4, -0.2) is 0 Å². The zero-order valence-corrected chi connectivity index (χ0v) is 18.5. The molecule has 0 spiro atoms. The first kappa shape index (κ1) is 22.7. The molecule has 1 heterocycles. The Morgan fingerprint density at radius 3 is 1.54 bits per heavy atom. The van der Waals surface area contributed by atoms with Gasteiger partial charge in [-0.15, -0.1) is 0 Å². The molecule has 28 heavy (non-hydrogen) atoms. The maximum Gasteiger partial charge on any atom is 0.210 e. The van der Waals surface area contributed by atoms with Crippen LogP contribution < -0.4 is 4.57 Å². The summed E-state index contributed by atoms with van der Waals surface area (Å²) < 4.78 is 2.35. The van der Waals surface area contributed by atoms with Crippen LogP contribution in [0.4, 0.5) is 0 Å². The Morgan fingerprint density at radius 1 is 0.571 bits per heavy atom. The van der Waals surface area contributed by atoms with Crippen LogP contribution in [0.25, 0.3) is 5.69 Å². The minimum Gasteiger partial charge on any atom is -0.167 e. The van der Waals surface area contributed by atoms with Gasteiger partial charge in [0.1, 0.15) is 0 Å². The molecule has 1 nitrogen and oxygen atoms in total. The van der Waals surface area contributed by atoms with E-state index in [1.54, 1.807) is 0 Å². The highest BCUT2D eigenvalue weighted by Gasteiger charge is 2.10. The standard InChI is InChI=1S/C27H42N/c1-3-5-7-9-11-14-18-25-22-26(19-15-12-10-8-6-4-2)24-28(23-25)27-20-16-13-17-21-27/h13,16-17,20-24H,3-12,14-15,18-19H2,1-2H3/q+1. The summed E-state index contributed by atoms with van der Waals surface area (Å²) >= 11 is 0. The smallest absolute Gasteiger partial charge is 0.167 e. The number of aromatic nitrogens is 1. The maximum atomic E-state index is 2.47. The van der Waals surface area contributed by atoms with Crippen molar-refractivity contribution in [2.24, 2.45) is 0 Å². The summed E-state index contributed by atoms with van der Waals surface area (Å²) in [4.78, 5) is 0. The van der Waals surface area contributed by atoms with E-state index in [0.717, 1.165) is 0 Å². The molecule has 1 heteroatoms. The Morgan fingerprint density at radius 2 is 1.04 bits per heavy atom. The van der Waals surface area contributed by atoms with Crippen LogP contribution in [0, 0.1) is 0 Å². The number of hydrogen-bond acceptors (Lipinski definition) is 0. The first-order chi connectivity index (χ1) is 13.8. The summed E-state index contributed by atoms with van der Waals surface area (Å²) in [6.45, 7) is 4.58. The van der Waals surface area contributed by atoms with Crippen molar-refractivity contribution in [2.75, 3.05) is 0 Å². The molecule has 154 valence electrons. The molecule has 0 radical (unpaired) electrons. The summed E-state index contributed by atoms with van der Waals surface area (Å²) in [6, 6.07) is 13.3. The molecule has 2 rings (SSSR count). The molecule has 0 saturated carbocycles. The molecule has 0 aliphatic heterocycles. The normalized spacial score (nSPS) is 11.1. The first-order valence-electron chi connectivity index (χ1n) is 11.9. The highest BCUT2D eigenvalue weighted by Crippen LogP contribution is 2.14. The van der Waals surface area contributed by atoms with Crippen LogP contribution in [0.2, 0.25) is 0 Å². The molecule has 0 N–H and O–H groups in total. The molecule has 0 bridgehead atoms. The van der Waals surface area contributed by atoms with Gasteiger partial charge in [-0.3, -0.25) is 0 Å². The van der Waals surface area contributed by atoms with Gasteiger partial charge >= 0.3 is 0 Å². The lowest BCUT2D eigenvalue weighted by atomic mass is 10.0. The number of unbranched alkanes of at least 4 members (excludes halogenated alkanes) is 10. The van der Waals surface area contributed by atoms with Crippen LogP contribution in [0.3, 0.4) is 0 Å². The fourth-order valence-corrected chi connectivity index (χ4v) is 3.95. The van der Waals surface area contributed by atoms with Crippen molar-refractivity contribution in [1.82, 2.24) is 0 Å². The zero-order chi connectivity index (χ0) is 19.9. The second-order valence-corrected chi connectivity index (χ2v) is 8.33. The Bertz CT molecular complexity index is 598. The number of hydrogen-bond donors (Lipinski definition) is 0. The van der Waals surface area contributed by atoms with E-state index in [0.29, 0.717) is 0 Å². The van der Waals surface area contributed by atoms with E-state index in [9.17, 15) is 0 Å². The lowest BCUT2D eigenvalue weighted by Gasteiger charge is -2.06. The second-order valence-electron chi connectivity index (χ2n) is 8.33. The van der Waals surface area contributed by atoms with Gasteiger partial charge in [-0.1, -0.05) is 96.3 Å². The molecule has 1 aromatic heterocycles. The average molecular weight is 381 g/mol. The lowest BCUT2D eigenvalue weighted by molar-refractivity contribution is -0.596. The molecule has 1 aromatic carbocycles. The molecule has 0 unspecified atom stereocenters. The Kier molecular flexibility index (Phi) is 11.6. The van der Waals surface area contributed by atoms with Gasteiger partial charge < -0.3 is 0 Å². The summed E-state index contributed by atoms with van der Waals surface area (Å²) in [6.07, 6.45) is 23.5. The molecule has 0 fully saturated rings. The fourth-order valence-electron chi connectivity index (χ4n) is 3.95. The van der Waals surface area contributed by atoms with E-state index < -0.39 is 0 Å². The van der Waals surface area contributed by atoms with Gasteiger partial charge in [-0.2, -0.15) is 4.57 Å². The first-order valence-corrected chi connectivity index (χ1v) is 11.9. The van der Waals surface area contributed by atoms with Gasteiger partial charge in [-0.05, 0) is 31.7 Å². The van der Waals surface area contributed by atoms with Crippen LogP contribution in [0.5, 0.6) is 0 Å². The number of nitrogens with zero attached hydrogens (tertiary/aromatic N) is 1. The van der Waals surface area contributed by atoms with Crippen molar-refractivity contribution in [3.8, 4) is 5.69 Å². The van der Waals surface area contributed by atoms with Gasteiger partial charge in [0.2, 0.25) is 5.69 Å². The van der Waals surface area contributed by atoms with Crippen molar-refractivity contribution < 1.29 is 4.57 Å². The van der Waals surface area contributed by atoms with E-state index in [2.05, 4.69) is 67.2 Å². The average Bonchev–Trinajstić information content (AvgIpc) is 2.73. The van der Waals surface area contributed by atoms with E-state index >= 15 is 0 Å². The summed E-state index contributed by atoms with van der Waals surface area (Å²) in [5.41, 5.74) is 4.28. The molecule has 0 saturated heterocycles. The second kappa shape index (κ2) is 14.4. The summed E-state index contributed by atoms with van der Waals surface area (Å²) in [5, 5.41) is 0. The van der Waals surface area contributed by atoms with E-state index in [1.165, 1.54) is 107 Å². The minimum atomic E-state index is 1.21. The molecule has 0 aliphatic rings. The predicted molar refractivity (Wildman–Crippen MR) is 122 cm³/mol. The monoisotopic (exact) mass is 380 g/mol. The molecular weight excluding hydrogens is 338 g/mol. The molecule has 2 aromatic rings. The highest BCUT2D eigenvalue weighted by molar-refractivity contribution is 5.24. The fraction of sp³-hybridized carbons (Fsp3) is 0.593. The van der Waals surface area contributed by atoms with E-state index in [1.807, 2.05) is 0 Å². The molecule has 0 aliphatic carbocycles. The Labute approximate surface area is 174 Å². The van der Waals surface area contributed by atoms with Crippen LogP contribution >= 0.6 is 0 Å². The van der Waals surface area contributed by atoms with Gasteiger partial charge in [0.15, 0.2) is 12.4 Å². The third kappa shape index (κ3) is 9.04. The number of benzene rings is 1. The summed E-state index contributed by atoms with van der Waals surface area (Å²) in [7, 11) is 0. The topological polar surface area (TPSA) is 3.88 Å². The molecule has 0 amide bonds. The van der Waals surface area contributed by atoms with Crippen LogP contribution in [0.1, 0.15) is 102 Å². The van der Waals surface area contributed by atoms with Gasteiger partial charge in [0.25, 0.3) is 0 Å². The molecule has 0 atom stereocenters. The van der Waals surface area contributed by atoms with Gasteiger partial charge in [0.05, 0.1) is 0 Å². The quantitative estimate of drug-likeness (QED) is 0.219. The lowest BCUT2D eigenvalue weighted by Crippen LogP contribution is -2.31. The number of rotatable bonds is 15. The van der Waals surface area contributed by atoms with Gasteiger partial charge in [0, 0.05) is 23.3 Å². The number of pyridine rings is 1. The van der Waals surface area contributed by atoms with E-state index in [-0.39, 0.29) is 0 Å². The minimum absolute atomic E-state index is 1.21. The van der Waals surface area contributed by atoms with E-state index in [4.69, 9.17) is 0 Å². The largest absolute Gasteiger partial charge is 0.210 e. The Hall–Kier alpha value is -1.63. The number of aryl methyl sites for hydroxylation is 2.